The number of aliphatic carboxylic acids is 1. The highest BCUT2D eigenvalue weighted by Gasteiger charge is 2.21. The molecular weight excluding hydrogens is 264 g/mol. The molecule has 116 valence electrons. The summed E-state index contributed by atoms with van der Waals surface area (Å²) in [7, 11) is 0. The van der Waals surface area contributed by atoms with Gasteiger partial charge in [0.05, 0.1) is 12.5 Å². The SMILES string of the molecule is CCOC(=O)CN(C(=O)NCCC(C)C(=O)O)C(C)C. The van der Waals surface area contributed by atoms with Crippen molar-refractivity contribution in [3.8, 4) is 0 Å². The Kier molecular flexibility index (Phi) is 8.35. The van der Waals surface area contributed by atoms with Gasteiger partial charge in [0.2, 0.25) is 0 Å². The van der Waals surface area contributed by atoms with Gasteiger partial charge in [-0.05, 0) is 27.2 Å². The number of ether oxygens (including phenoxy) is 1. The first-order valence-electron chi connectivity index (χ1n) is 6.72. The highest BCUT2D eigenvalue weighted by molar-refractivity contribution is 5.81. The van der Waals surface area contributed by atoms with E-state index in [1.165, 1.54) is 4.90 Å². The Labute approximate surface area is 119 Å². The second-order valence-electron chi connectivity index (χ2n) is 4.79. The lowest BCUT2D eigenvalue weighted by Gasteiger charge is -2.26. The van der Waals surface area contributed by atoms with E-state index in [1.807, 2.05) is 0 Å². The van der Waals surface area contributed by atoms with Crippen molar-refractivity contribution in [2.24, 2.45) is 5.92 Å². The van der Waals surface area contributed by atoms with Crippen LogP contribution in [0.25, 0.3) is 0 Å². The topological polar surface area (TPSA) is 95.9 Å². The van der Waals surface area contributed by atoms with Crippen LogP contribution in [-0.4, -0.2) is 53.7 Å². The summed E-state index contributed by atoms with van der Waals surface area (Å²) in [4.78, 5) is 35.3. The van der Waals surface area contributed by atoms with Crippen molar-refractivity contribution in [1.29, 1.82) is 0 Å². The van der Waals surface area contributed by atoms with Gasteiger partial charge in [-0.15, -0.1) is 0 Å². The zero-order valence-corrected chi connectivity index (χ0v) is 12.5. The van der Waals surface area contributed by atoms with Crippen LogP contribution in [0.4, 0.5) is 4.79 Å². The lowest BCUT2D eigenvalue weighted by molar-refractivity contribution is -0.144. The predicted molar refractivity (Wildman–Crippen MR) is 73.3 cm³/mol. The maximum absolute atomic E-state index is 11.9. The van der Waals surface area contributed by atoms with Crippen molar-refractivity contribution in [2.45, 2.75) is 40.2 Å². The van der Waals surface area contributed by atoms with Crippen LogP contribution in [0.1, 0.15) is 34.1 Å². The fourth-order valence-electron chi connectivity index (χ4n) is 1.46. The van der Waals surface area contributed by atoms with Crippen LogP contribution in [0.5, 0.6) is 0 Å². The highest BCUT2D eigenvalue weighted by Crippen LogP contribution is 2.02. The summed E-state index contributed by atoms with van der Waals surface area (Å²) in [6.45, 7) is 7.25. The summed E-state index contributed by atoms with van der Waals surface area (Å²) in [5.41, 5.74) is 0. The standard InChI is InChI=1S/C13H24N2O5/c1-5-20-11(16)8-15(9(2)3)13(19)14-7-6-10(4)12(17)18/h9-10H,5-8H2,1-4H3,(H,14,19)(H,17,18). The van der Waals surface area contributed by atoms with Crippen LogP contribution in [-0.2, 0) is 14.3 Å². The molecule has 2 N–H and O–H groups in total. The fraction of sp³-hybridized carbons (Fsp3) is 0.769. The lowest BCUT2D eigenvalue weighted by Crippen LogP contribution is -2.47. The van der Waals surface area contributed by atoms with Crippen molar-refractivity contribution in [3.63, 3.8) is 0 Å². The molecule has 0 heterocycles. The monoisotopic (exact) mass is 288 g/mol. The summed E-state index contributed by atoms with van der Waals surface area (Å²) in [5.74, 6) is -1.88. The smallest absolute Gasteiger partial charge is 0.325 e. The molecule has 0 aromatic heterocycles. The summed E-state index contributed by atoms with van der Waals surface area (Å²) in [6.07, 6.45) is 0.340. The maximum atomic E-state index is 11.9. The number of carbonyl (C=O) groups is 3. The Hall–Kier alpha value is -1.79. The minimum Gasteiger partial charge on any atom is -0.481 e. The number of hydrogen-bond donors (Lipinski definition) is 2. The third-order valence-electron chi connectivity index (χ3n) is 2.76. The quantitative estimate of drug-likeness (QED) is 0.652. The Morgan fingerprint density at radius 1 is 1.25 bits per heavy atom. The predicted octanol–water partition coefficient (Wildman–Crippen LogP) is 1.08. The van der Waals surface area contributed by atoms with Gasteiger partial charge in [-0.3, -0.25) is 9.59 Å². The highest BCUT2D eigenvalue weighted by atomic mass is 16.5. The number of nitrogens with zero attached hydrogens (tertiary/aromatic N) is 1. The van der Waals surface area contributed by atoms with Gasteiger partial charge in [-0.25, -0.2) is 4.79 Å². The molecule has 7 nitrogen and oxygen atoms in total. The first-order chi connectivity index (χ1) is 9.29. The van der Waals surface area contributed by atoms with Crippen LogP contribution < -0.4 is 5.32 Å². The molecule has 1 atom stereocenters. The summed E-state index contributed by atoms with van der Waals surface area (Å²) < 4.78 is 4.81. The van der Waals surface area contributed by atoms with Gasteiger partial charge in [-0.2, -0.15) is 0 Å². The van der Waals surface area contributed by atoms with E-state index in [1.54, 1.807) is 27.7 Å². The third kappa shape index (κ3) is 6.96. The Balaban J connectivity index is 4.30. The molecule has 0 fully saturated rings. The van der Waals surface area contributed by atoms with Crippen LogP contribution in [0.3, 0.4) is 0 Å². The molecule has 20 heavy (non-hydrogen) atoms. The van der Waals surface area contributed by atoms with E-state index < -0.39 is 23.9 Å². The van der Waals surface area contributed by atoms with E-state index in [4.69, 9.17) is 9.84 Å². The minimum atomic E-state index is -0.897. The van der Waals surface area contributed by atoms with Gasteiger partial charge in [0.1, 0.15) is 6.54 Å². The van der Waals surface area contributed by atoms with E-state index >= 15 is 0 Å². The molecule has 0 radical (unpaired) electrons. The maximum Gasteiger partial charge on any atom is 0.325 e. The molecule has 0 aliphatic heterocycles. The van der Waals surface area contributed by atoms with Crippen molar-refractivity contribution < 1.29 is 24.2 Å². The summed E-state index contributed by atoms with van der Waals surface area (Å²) in [6, 6.07) is -0.554. The second kappa shape index (κ2) is 9.17. The number of esters is 1. The van der Waals surface area contributed by atoms with Crippen molar-refractivity contribution in [1.82, 2.24) is 10.2 Å². The van der Waals surface area contributed by atoms with Crippen LogP contribution >= 0.6 is 0 Å². The molecule has 0 saturated heterocycles. The van der Waals surface area contributed by atoms with Gasteiger partial charge in [0, 0.05) is 12.6 Å². The van der Waals surface area contributed by atoms with Gasteiger partial charge >= 0.3 is 18.0 Å². The summed E-state index contributed by atoms with van der Waals surface area (Å²) >= 11 is 0. The zero-order valence-electron chi connectivity index (χ0n) is 12.5. The normalized spacial score (nSPS) is 11.8. The van der Waals surface area contributed by atoms with E-state index in [2.05, 4.69) is 5.32 Å². The number of hydrogen-bond acceptors (Lipinski definition) is 4. The molecule has 0 aliphatic rings. The molecular formula is C13H24N2O5. The van der Waals surface area contributed by atoms with Crippen LogP contribution in [0.2, 0.25) is 0 Å². The number of rotatable bonds is 8. The largest absolute Gasteiger partial charge is 0.481 e. The first-order valence-corrected chi connectivity index (χ1v) is 6.72. The van der Waals surface area contributed by atoms with Crippen LogP contribution in [0.15, 0.2) is 0 Å². The molecule has 0 bridgehead atoms. The number of carboxylic acids is 1. The van der Waals surface area contributed by atoms with Crippen molar-refractivity contribution in [3.05, 3.63) is 0 Å². The molecule has 1 unspecified atom stereocenters. The zero-order chi connectivity index (χ0) is 15.7. The average Bonchev–Trinajstić information content (AvgIpc) is 2.35. The van der Waals surface area contributed by atoms with Crippen LogP contribution in [0, 0.1) is 5.92 Å². The number of amides is 2. The Bertz CT molecular complexity index is 344. The lowest BCUT2D eigenvalue weighted by atomic mass is 10.1. The third-order valence-corrected chi connectivity index (χ3v) is 2.76. The van der Waals surface area contributed by atoms with Gasteiger partial charge in [0.15, 0.2) is 0 Å². The molecule has 0 spiro atoms. The first kappa shape index (κ1) is 18.2. The fourth-order valence-corrected chi connectivity index (χ4v) is 1.46. The molecule has 0 rings (SSSR count). The number of carbonyl (C=O) groups excluding carboxylic acids is 2. The van der Waals surface area contributed by atoms with Crippen molar-refractivity contribution >= 4 is 18.0 Å². The van der Waals surface area contributed by atoms with Crippen molar-refractivity contribution in [2.75, 3.05) is 19.7 Å². The van der Waals surface area contributed by atoms with E-state index in [-0.39, 0.29) is 25.7 Å². The molecule has 7 heteroatoms. The second-order valence-corrected chi connectivity index (χ2v) is 4.79. The number of carboxylic acid groups (broad SMARTS) is 1. The molecule has 0 aliphatic carbocycles. The summed E-state index contributed by atoms with van der Waals surface area (Å²) in [5, 5.41) is 11.4. The molecule has 2 amide bonds. The minimum absolute atomic E-state index is 0.119. The van der Waals surface area contributed by atoms with Gasteiger partial charge in [0.25, 0.3) is 0 Å². The van der Waals surface area contributed by atoms with E-state index in [9.17, 15) is 14.4 Å². The average molecular weight is 288 g/mol. The molecule has 0 saturated carbocycles. The van der Waals surface area contributed by atoms with E-state index in [0.717, 1.165) is 0 Å². The Morgan fingerprint density at radius 2 is 1.85 bits per heavy atom. The van der Waals surface area contributed by atoms with E-state index in [0.29, 0.717) is 6.42 Å². The Morgan fingerprint density at radius 3 is 2.30 bits per heavy atom. The van der Waals surface area contributed by atoms with Gasteiger partial charge < -0.3 is 20.1 Å². The number of nitrogens with one attached hydrogen (secondary N) is 1. The molecule has 0 aromatic rings. The molecule has 0 aromatic carbocycles. The van der Waals surface area contributed by atoms with Gasteiger partial charge in [-0.1, -0.05) is 6.92 Å². The number of urea groups is 1.